The van der Waals surface area contributed by atoms with E-state index >= 15 is 0 Å². The minimum atomic E-state index is -0.591. The molecule has 0 bridgehead atoms. The minimum absolute atomic E-state index is 0.0527. The normalized spacial score (nSPS) is 19.1. The van der Waals surface area contributed by atoms with Crippen LogP contribution < -0.4 is 5.73 Å². The Kier molecular flexibility index (Phi) is 3.76. The Labute approximate surface area is 101 Å². The largest absolute Gasteiger partial charge is 0.393 e. The highest BCUT2D eigenvalue weighted by Crippen LogP contribution is 2.17. The molecule has 0 aliphatic carbocycles. The molecule has 1 atom stereocenters. The van der Waals surface area contributed by atoms with E-state index in [4.69, 9.17) is 5.73 Å². The number of piperidine rings is 1. The number of hydrogen-bond acceptors (Lipinski definition) is 3. The summed E-state index contributed by atoms with van der Waals surface area (Å²) in [5.74, 6) is -0.0527. The highest BCUT2D eigenvalue weighted by Gasteiger charge is 2.26. The first-order chi connectivity index (χ1) is 8.18. The molecule has 17 heavy (non-hydrogen) atoms. The van der Waals surface area contributed by atoms with Crippen molar-refractivity contribution in [2.45, 2.75) is 25.0 Å². The van der Waals surface area contributed by atoms with Gasteiger partial charge in [-0.1, -0.05) is 30.3 Å². The predicted molar refractivity (Wildman–Crippen MR) is 65.2 cm³/mol. The molecule has 1 fully saturated rings. The van der Waals surface area contributed by atoms with Crippen molar-refractivity contribution < 1.29 is 9.90 Å². The van der Waals surface area contributed by atoms with Crippen LogP contribution in [0.5, 0.6) is 0 Å². The van der Waals surface area contributed by atoms with E-state index in [0.717, 1.165) is 5.56 Å². The van der Waals surface area contributed by atoms with Crippen LogP contribution in [-0.4, -0.2) is 35.1 Å². The fourth-order valence-corrected chi connectivity index (χ4v) is 2.09. The highest BCUT2D eigenvalue weighted by molar-refractivity contribution is 5.83. The summed E-state index contributed by atoms with van der Waals surface area (Å²) in [5.41, 5.74) is 6.79. The number of rotatable bonds is 2. The monoisotopic (exact) mass is 234 g/mol. The smallest absolute Gasteiger partial charge is 0.244 e. The number of nitrogens with zero attached hydrogens (tertiary/aromatic N) is 1. The fraction of sp³-hybridized carbons (Fsp3) is 0.462. The van der Waals surface area contributed by atoms with Crippen molar-refractivity contribution in [3.8, 4) is 0 Å². The molecule has 0 radical (unpaired) electrons. The molecule has 1 aromatic carbocycles. The van der Waals surface area contributed by atoms with Crippen molar-refractivity contribution in [2.24, 2.45) is 5.73 Å². The van der Waals surface area contributed by atoms with Crippen LogP contribution in [0.4, 0.5) is 0 Å². The molecule has 4 heteroatoms. The third kappa shape index (κ3) is 2.84. The van der Waals surface area contributed by atoms with Crippen LogP contribution >= 0.6 is 0 Å². The third-order valence-electron chi connectivity index (χ3n) is 3.20. The van der Waals surface area contributed by atoms with Crippen molar-refractivity contribution in [2.75, 3.05) is 13.1 Å². The molecule has 1 aromatic rings. The molecule has 0 unspecified atom stereocenters. The van der Waals surface area contributed by atoms with Crippen LogP contribution in [0.3, 0.4) is 0 Å². The SMILES string of the molecule is N[C@@H](C(=O)N1CCC(O)CC1)c1ccccc1. The van der Waals surface area contributed by atoms with Crippen molar-refractivity contribution >= 4 is 5.91 Å². The zero-order valence-corrected chi connectivity index (χ0v) is 9.75. The summed E-state index contributed by atoms with van der Waals surface area (Å²) in [7, 11) is 0. The summed E-state index contributed by atoms with van der Waals surface area (Å²) < 4.78 is 0. The summed E-state index contributed by atoms with van der Waals surface area (Å²) in [6.07, 6.45) is 1.02. The van der Waals surface area contributed by atoms with Gasteiger partial charge in [-0.2, -0.15) is 0 Å². The van der Waals surface area contributed by atoms with Crippen LogP contribution in [0.25, 0.3) is 0 Å². The van der Waals surface area contributed by atoms with Gasteiger partial charge < -0.3 is 15.7 Å². The van der Waals surface area contributed by atoms with Crippen molar-refractivity contribution in [3.63, 3.8) is 0 Å². The molecule has 1 amide bonds. The Balaban J connectivity index is 2.00. The maximum absolute atomic E-state index is 12.1. The van der Waals surface area contributed by atoms with Gasteiger partial charge in [-0.25, -0.2) is 0 Å². The lowest BCUT2D eigenvalue weighted by Crippen LogP contribution is -2.44. The second-order valence-corrected chi connectivity index (χ2v) is 4.44. The lowest BCUT2D eigenvalue weighted by Gasteiger charge is -2.31. The zero-order valence-electron chi connectivity index (χ0n) is 9.75. The van der Waals surface area contributed by atoms with Crippen LogP contribution in [0.2, 0.25) is 0 Å². The van der Waals surface area contributed by atoms with Crippen molar-refractivity contribution in [1.29, 1.82) is 0 Å². The summed E-state index contributed by atoms with van der Waals surface area (Å²) in [4.78, 5) is 13.9. The average Bonchev–Trinajstić information content (AvgIpc) is 2.39. The number of amides is 1. The second-order valence-electron chi connectivity index (χ2n) is 4.44. The van der Waals surface area contributed by atoms with Crippen molar-refractivity contribution in [1.82, 2.24) is 4.90 Å². The van der Waals surface area contributed by atoms with E-state index in [-0.39, 0.29) is 12.0 Å². The van der Waals surface area contributed by atoms with Gasteiger partial charge in [-0.05, 0) is 18.4 Å². The lowest BCUT2D eigenvalue weighted by molar-refractivity contribution is -0.134. The van der Waals surface area contributed by atoms with Gasteiger partial charge in [0, 0.05) is 13.1 Å². The summed E-state index contributed by atoms with van der Waals surface area (Å²) in [6, 6.07) is 8.79. The molecule has 0 spiro atoms. The number of hydrogen-bond donors (Lipinski definition) is 2. The van der Waals surface area contributed by atoms with E-state index < -0.39 is 6.04 Å². The number of carbonyl (C=O) groups is 1. The van der Waals surface area contributed by atoms with Gasteiger partial charge in [-0.15, -0.1) is 0 Å². The van der Waals surface area contributed by atoms with Crippen molar-refractivity contribution in [3.05, 3.63) is 35.9 Å². The number of nitrogens with two attached hydrogens (primary N) is 1. The summed E-state index contributed by atoms with van der Waals surface area (Å²) in [6.45, 7) is 1.20. The molecule has 1 aliphatic rings. The Hall–Kier alpha value is -1.39. The molecule has 1 heterocycles. The highest BCUT2D eigenvalue weighted by atomic mass is 16.3. The van der Waals surface area contributed by atoms with Gasteiger partial charge in [0.05, 0.1) is 6.10 Å². The molecular weight excluding hydrogens is 216 g/mol. The van der Waals surface area contributed by atoms with E-state index in [1.807, 2.05) is 30.3 Å². The Morgan fingerprint density at radius 1 is 1.29 bits per heavy atom. The van der Waals surface area contributed by atoms with Gasteiger partial charge >= 0.3 is 0 Å². The molecule has 92 valence electrons. The maximum atomic E-state index is 12.1. The average molecular weight is 234 g/mol. The number of aliphatic hydroxyl groups excluding tert-OH is 1. The zero-order chi connectivity index (χ0) is 12.3. The first-order valence-electron chi connectivity index (χ1n) is 5.96. The first-order valence-corrected chi connectivity index (χ1v) is 5.96. The number of benzene rings is 1. The number of aliphatic hydroxyl groups is 1. The Morgan fingerprint density at radius 3 is 2.47 bits per heavy atom. The lowest BCUT2D eigenvalue weighted by atomic mass is 10.0. The number of carbonyl (C=O) groups excluding carboxylic acids is 1. The van der Waals surface area contributed by atoms with E-state index in [0.29, 0.717) is 25.9 Å². The standard InChI is InChI=1S/C13H18N2O2/c14-12(10-4-2-1-3-5-10)13(17)15-8-6-11(16)7-9-15/h1-5,11-12,16H,6-9,14H2/t12-/m1/s1. The maximum Gasteiger partial charge on any atom is 0.244 e. The topological polar surface area (TPSA) is 66.6 Å². The molecule has 1 aliphatic heterocycles. The molecule has 0 saturated carbocycles. The van der Waals surface area contributed by atoms with Gasteiger partial charge in [0.25, 0.3) is 0 Å². The molecule has 2 rings (SSSR count). The van der Waals surface area contributed by atoms with Gasteiger partial charge in [-0.3, -0.25) is 4.79 Å². The van der Waals surface area contributed by atoms with E-state index in [1.54, 1.807) is 4.90 Å². The number of likely N-dealkylation sites (tertiary alicyclic amines) is 1. The molecular formula is C13H18N2O2. The Morgan fingerprint density at radius 2 is 1.88 bits per heavy atom. The van der Waals surface area contributed by atoms with Gasteiger partial charge in [0.2, 0.25) is 5.91 Å². The van der Waals surface area contributed by atoms with E-state index in [2.05, 4.69) is 0 Å². The van der Waals surface area contributed by atoms with Crippen LogP contribution in [0.15, 0.2) is 30.3 Å². The van der Waals surface area contributed by atoms with Crippen LogP contribution in [0, 0.1) is 0 Å². The first kappa shape index (κ1) is 12.1. The predicted octanol–water partition coefficient (Wildman–Crippen LogP) is 0.670. The van der Waals surface area contributed by atoms with E-state index in [9.17, 15) is 9.90 Å². The second kappa shape index (κ2) is 5.29. The molecule has 4 nitrogen and oxygen atoms in total. The molecule has 1 saturated heterocycles. The summed E-state index contributed by atoms with van der Waals surface area (Å²) >= 11 is 0. The van der Waals surface area contributed by atoms with Gasteiger partial charge in [0.1, 0.15) is 6.04 Å². The fourth-order valence-electron chi connectivity index (χ4n) is 2.09. The minimum Gasteiger partial charge on any atom is -0.393 e. The Bertz CT molecular complexity index is 372. The molecule has 0 aromatic heterocycles. The van der Waals surface area contributed by atoms with Crippen LogP contribution in [0.1, 0.15) is 24.4 Å². The quantitative estimate of drug-likeness (QED) is 0.790. The third-order valence-corrected chi connectivity index (χ3v) is 3.20. The summed E-state index contributed by atoms with van der Waals surface area (Å²) in [5, 5.41) is 9.40. The molecule has 3 N–H and O–H groups in total. The van der Waals surface area contributed by atoms with Gasteiger partial charge in [0.15, 0.2) is 0 Å². The van der Waals surface area contributed by atoms with Crippen LogP contribution in [-0.2, 0) is 4.79 Å². The van der Waals surface area contributed by atoms with E-state index in [1.165, 1.54) is 0 Å².